The predicted octanol–water partition coefficient (Wildman–Crippen LogP) is 1.73. The van der Waals surface area contributed by atoms with Gasteiger partial charge >= 0.3 is 6.18 Å². The Kier molecular flexibility index (Phi) is 4.63. The number of halogens is 3. The fraction of sp³-hybridized carbons (Fsp3) is 0.438. The van der Waals surface area contributed by atoms with Gasteiger partial charge in [-0.05, 0) is 12.5 Å². The Hall–Kier alpha value is -2.60. The number of alkyl halides is 3. The lowest BCUT2D eigenvalue weighted by atomic mass is 10.0. The second kappa shape index (κ2) is 6.72. The van der Waals surface area contributed by atoms with Gasteiger partial charge in [0.25, 0.3) is 0 Å². The third-order valence-corrected chi connectivity index (χ3v) is 4.28. The van der Waals surface area contributed by atoms with E-state index in [1.807, 2.05) is 0 Å². The summed E-state index contributed by atoms with van der Waals surface area (Å²) in [5, 5.41) is 22.9. The molecular weight excluding hydrogens is 333 g/mol. The molecule has 132 valence electrons. The molecule has 0 amide bonds. The molecule has 0 aromatic carbocycles. The van der Waals surface area contributed by atoms with E-state index < -0.39 is 17.3 Å². The zero-order valence-electron chi connectivity index (χ0n) is 13.3. The first-order chi connectivity index (χ1) is 11.9. The maximum atomic E-state index is 13.4. The maximum absolute atomic E-state index is 13.4. The van der Waals surface area contributed by atoms with Gasteiger partial charge in [-0.25, -0.2) is 4.98 Å². The molecule has 0 radical (unpaired) electrons. The normalized spacial score (nSPS) is 18.2. The zero-order valence-corrected chi connectivity index (χ0v) is 13.3. The van der Waals surface area contributed by atoms with Crippen molar-refractivity contribution in [3.63, 3.8) is 0 Å². The summed E-state index contributed by atoms with van der Waals surface area (Å²) in [5.41, 5.74) is -1.21. The number of nitrogens with zero attached hydrogens (tertiary/aromatic N) is 3. The molecule has 0 spiro atoms. The Bertz CT molecular complexity index is 741. The van der Waals surface area contributed by atoms with Crippen LogP contribution in [0.25, 0.3) is 5.57 Å². The minimum Gasteiger partial charge on any atom is -0.385 e. The molecule has 6 nitrogen and oxygen atoms in total. The van der Waals surface area contributed by atoms with Crippen LogP contribution >= 0.6 is 0 Å². The van der Waals surface area contributed by atoms with Gasteiger partial charge < -0.3 is 20.9 Å². The Balaban J connectivity index is 2.05. The van der Waals surface area contributed by atoms with Crippen LogP contribution in [0.1, 0.15) is 23.2 Å². The van der Waals surface area contributed by atoms with Crippen LogP contribution in [0.5, 0.6) is 0 Å². The van der Waals surface area contributed by atoms with E-state index in [1.165, 1.54) is 6.20 Å². The Morgan fingerprint density at radius 2 is 2.16 bits per heavy atom. The number of nitriles is 1. The fourth-order valence-corrected chi connectivity index (χ4v) is 2.57. The molecule has 0 aliphatic carbocycles. The summed E-state index contributed by atoms with van der Waals surface area (Å²) in [4.78, 5) is 5.92. The second-order valence-corrected chi connectivity index (χ2v) is 5.97. The number of nitrogens with one attached hydrogen (secondary N) is 3. The Morgan fingerprint density at radius 3 is 2.60 bits per heavy atom. The highest BCUT2D eigenvalue weighted by Crippen LogP contribution is 2.37. The van der Waals surface area contributed by atoms with E-state index >= 15 is 0 Å². The summed E-state index contributed by atoms with van der Waals surface area (Å²) in [6, 6.07) is 2.68. The van der Waals surface area contributed by atoms with Crippen molar-refractivity contribution < 1.29 is 13.2 Å². The quantitative estimate of drug-likeness (QED) is 0.704. The van der Waals surface area contributed by atoms with Crippen molar-refractivity contribution in [2.75, 3.05) is 31.1 Å². The van der Waals surface area contributed by atoms with Crippen LogP contribution in [0, 0.1) is 16.7 Å². The van der Waals surface area contributed by atoms with Gasteiger partial charge in [-0.3, -0.25) is 0 Å². The molecule has 3 N–H and O–H groups in total. The summed E-state index contributed by atoms with van der Waals surface area (Å²) in [6.45, 7) is 2.65. The fourth-order valence-electron chi connectivity index (χ4n) is 2.57. The molecule has 0 unspecified atom stereocenters. The molecular formula is C16H17F3N6. The standard InChI is InChI=1S/C16H17F3N6/c17-16(18,19)13-4-14(10(5-20)7-23-11-8-22-9-11)24-15(12(13)6-21)25-2-1-3-25/h4-5,7,11,20,22-23H,1-3,8-9H2/b10-7+,20-5?. The number of allylic oxidation sites excluding steroid dienone is 1. The smallest absolute Gasteiger partial charge is 0.385 e. The average molecular weight is 350 g/mol. The van der Waals surface area contributed by atoms with E-state index in [9.17, 15) is 18.4 Å². The molecule has 2 saturated heterocycles. The summed E-state index contributed by atoms with van der Waals surface area (Å²) >= 11 is 0. The summed E-state index contributed by atoms with van der Waals surface area (Å²) in [7, 11) is 0. The molecule has 3 rings (SSSR count). The molecule has 2 aliphatic rings. The van der Waals surface area contributed by atoms with E-state index in [2.05, 4.69) is 15.6 Å². The topological polar surface area (TPSA) is 87.8 Å². The molecule has 25 heavy (non-hydrogen) atoms. The minimum atomic E-state index is -4.67. The van der Waals surface area contributed by atoms with E-state index in [-0.39, 0.29) is 23.1 Å². The van der Waals surface area contributed by atoms with Crippen molar-refractivity contribution in [1.82, 2.24) is 15.6 Å². The van der Waals surface area contributed by atoms with Crippen LogP contribution in [-0.4, -0.2) is 43.4 Å². The van der Waals surface area contributed by atoms with Crippen molar-refractivity contribution in [2.24, 2.45) is 0 Å². The highest BCUT2D eigenvalue weighted by Gasteiger charge is 2.37. The first-order valence-corrected chi connectivity index (χ1v) is 7.89. The van der Waals surface area contributed by atoms with E-state index in [0.717, 1.165) is 31.8 Å². The SMILES string of the molecule is N#Cc1c(C(F)(F)F)cc(/C(C=N)=C/NC2CNC2)nc1N1CCC1. The number of aromatic nitrogens is 1. The molecule has 9 heteroatoms. The molecule has 0 atom stereocenters. The number of rotatable bonds is 5. The molecule has 1 aromatic heterocycles. The highest BCUT2D eigenvalue weighted by molar-refractivity contribution is 6.07. The Labute approximate surface area is 142 Å². The zero-order chi connectivity index (χ0) is 18.0. The minimum absolute atomic E-state index is 0.0306. The van der Waals surface area contributed by atoms with Gasteiger partial charge in [0.1, 0.15) is 17.5 Å². The van der Waals surface area contributed by atoms with E-state index in [0.29, 0.717) is 13.1 Å². The molecule has 0 saturated carbocycles. The third-order valence-electron chi connectivity index (χ3n) is 4.28. The first kappa shape index (κ1) is 17.2. The van der Waals surface area contributed by atoms with Crippen molar-refractivity contribution in [3.05, 3.63) is 29.1 Å². The van der Waals surface area contributed by atoms with Gasteiger partial charge in [-0.2, -0.15) is 18.4 Å². The largest absolute Gasteiger partial charge is 0.417 e. The van der Waals surface area contributed by atoms with Crippen LogP contribution in [0.2, 0.25) is 0 Å². The van der Waals surface area contributed by atoms with Gasteiger partial charge in [-0.15, -0.1) is 0 Å². The highest BCUT2D eigenvalue weighted by atomic mass is 19.4. The monoisotopic (exact) mass is 350 g/mol. The number of hydrogen-bond donors (Lipinski definition) is 3. The van der Waals surface area contributed by atoms with Crippen molar-refractivity contribution >= 4 is 17.6 Å². The van der Waals surface area contributed by atoms with Gasteiger partial charge in [0.15, 0.2) is 0 Å². The van der Waals surface area contributed by atoms with Crippen molar-refractivity contribution in [2.45, 2.75) is 18.6 Å². The summed E-state index contributed by atoms with van der Waals surface area (Å²) in [5.74, 6) is 0.0386. The lowest BCUT2D eigenvalue weighted by molar-refractivity contribution is -0.137. The van der Waals surface area contributed by atoms with Crippen LogP contribution in [-0.2, 0) is 6.18 Å². The summed E-state index contributed by atoms with van der Waals surface area (Å²) in [6.07, 6.45) is -1.34. The number of hydrogen-bond acceptors (Lipinski definition) is 6. The van der Waals surface area contributed by atoms with Crippen LogP contribution in [0.3, 0.4) is 0 Å². The van der Waals surface area contributed by atoms with Crippen molar-refractivity contribution in [3.8, 4) is 6.07 Å². The molecule has 0 bridgehead atoms. The molecule has 3 heterocycles. The van der Waals surface area contributed by atoms with Gasteiger partial charge in [-0.1, -0.05) is 0 Å². The first-order valence-electron chi connectivity index (χ1n) is 7.89. The lowest BCUT2D eigenvalue weighted by Gasteiger charge is -2.33. The molecule has 2 fully saturated rings. The van der Waals surface area contributed by atoms with Crippen LogP contribution < -0.4 is 15.5 Å². The number of anilines is 1. The molecule has 1 aromatic rings. The van der Waals surface area contributed by atoms with Gasteiger partial charge in [0.05, 0.1) is 17.3 Å². The Morgan fingerprint density at radius 1 is 1.44 bits per heavy atom. The lowest BCUT2D eigenvalue weighted by Crippen LogP contribution is -2.53. The van der Waals surface area contributed by atoms with E-state index in [1.54, 1.807) is 11.0 Å². The van der Waals surface area contributed by atoms with Crippen LogP contribution in [0.4, 0.5) is 19.0 Å². The van der Waals surface area contributed by atoms with Crippen molar-refractivity contribution in [1.29, 1.82) is 10.7 Å². The second-order valence-electron chi connectivity index (χ2n) is 5.97. The average Bonchev–Trinajstić information content (AvgIpc) is 2.46. The maximum Gasteiger partial charge on any atom is 0.417 e. The predicted molar refractivity (Wildman–Crippen MR) is 87.3 cm³/mol. The third kappa shape index (κ3) is 3.44. The number of pyridine rings is 1. The van der Waals surface area contributed by atoms with Gasteiger partial charge in [0.2, 0.25) is 0 Å². The summed E-state index contributed by atoms with van der Waals surface area (Å²) < 4.78 is 40.3. The molecule has 2 aliphatic heterocycles. The van der Waals surface area contributed by atoms with E-state index in [4.69, 9.17) is 5.41 Å². The van der Waals surface area contributed by atoms with Gasteiger partial charge in [0, 0.05) is 44.2 Å². The van der Waals surface area contributed by atoms with Crippen LogP contribution in [0.15, 0.2) is 12.3 Å².